The van der Waals surface area contributed by atoms with Crippen molar-refractivity contribution in [2.24, 2.45) is 5.92 Å². The van der Waals surface area contributed by atoms with Gasteiger partial charge in [-0.1, -0.05) is 56.5 Å². The number of amides is 1. The van der Waals surface area contributed by atoms with Gasteiger partial charge in [-0.2, -0.15) is 0 Å². The first-order chi connectivity index (χ1) is 8.75. The zero-order valence-electron chi connectivity index (χ0n) is 11.2. The molecular weight excluding hydrogens is 222 g/mol. The Labute approximate surface area is 110 Å². The number of hydrogen-bond donors (Lipinski definition) is 1. The lowest BCUT2D eigenvalue weighted by molar-refractivity contribution is -0.125. The zero-order valence-corrected chi connectivity index (χ0v) is 11.2. The number of carbonyl (C=O) groups excluding carboxylic acids is 1. The largest absolute Gasteiger partial charge is 0.353 e. The van der Waals surface area contributed by atoms with E-state index in [9.17, 15) is 4.79 Å². The lowest BCUT2D eigenvalue weighted by atomic mass is 9.94. The first-order valence-corrected chi connectivity index (χ1v) is 7.10. The van der Waals surface area contributed by atoms with Gasteiger partial charge >= 0.3 is 0 Å². The minimum atomic E-state index is 0.0642. The number of rotatable bonds is 4. The molecule has 2 heteroatoms. The predicted molar refractivity (Wildman–Crippen MR) is 74.3 cm³/mol. The number of carbonyl (C=O) groups is 1. The van der Waals surface area contributed by atoms with E-state index in [4.69, 9.17) is 0 Å². The van der Waals surface area contributed by atoms with Crippen LogP contribution in [0.1, 0.15) is 44.6 Å². The van der Waals surface area contributed by atoms with Gasteiger partial charge < -0.3 is 5.32 Å². The summed E-state index contributed by atoms with van der Waals surface area (Å²) in [5.41, 5.74) is 1.24. The Bertz CT molecular complexity index is 368. The summed E-state index contributed by atoms with van der Waals surface area (Å²) in [7, 11) is 0. The normalized spacial score (nSPS) is 18.3. The van der Waals surface area contributed by atoms with Gasteiger partial charge in [0.1, 0.15) is 0 Å². The Hall–Kier alpha value is -1.31. The molecule has 2 rings (SSSR count). The van der Waals surface area contributed by atoms with Crippen LogP contribution in [-0.4, -0.2) is 11.9 Å². The SMILES string of the molecule is C[C@@H](Cc1ccccc1)C(=O)NC1CCCCC1. The third-order valence-corrected chi connectivity index (χ3v) is 3.78. The molecule has 1 fully saturated rings. The zero-order chi connectivity index (χ0) is 12.8. The van der Waals surface area contributed by atoms with Crippen molar-refractivity contribution in [2.75, 3.05) is 0 Å². The molecule has 2 nitrogen and oxygen atoms in total. The maximum atomic E-state index is 12.1. The first-order valence-electron chi connectivity index (χ1n) is 7.10. The monoisotopic (exact) mass is 245 g/mol. The molecule has 0 aromatic heterocycles. The second kappa shape index (κ2) is 6.58. The molecule has 0 heterocycles. The number of benzene rings is 1. The standard InChI is InChI=1S/C16H23NO/c1-13(12-14-8-4-2-5-9-14)16(18)17-15-10-6-3-7-11-15/h2,4-5,8-9,13,15H,3,6-7,10-12H2,1H3,(H,17,18)/t13-/m0/s1. The van der Waals surface area contributed by atoms with E-state index in [1.807, 2.05) is 25.1 Å². The second-order valence-corrected chi connectivity index (χ2v) is 5.43. The summed E-state index contributed by atoms with van der Waals surface area (Å²) in [6.07, 6.45) is 6.99. The van der Waals surface area contributed by atoms with Gasteiger partial charge in [0.05, 0.1) is 0 Å². The summed E-state index contributed by atoms with van der Waals surface area (Å²) in [6.45, 7) is 2.02. The van der Waals surface area contributed by atoms with Crippen molar-refractivity contribution in [1.82, 2.24) is 5.32 Å². The summed E-state index contributed by atoms with van der Waals surface area (Å²) < 4.78 is 0. The molecule has 0 radical (unpaired) electrons. The highest BCUT2D eigenvalue weighted by atomic mass is 16.1. The third-order valence-electron chi connectivity index (χ3n) is 3.78. The minimum absolute atomic E-state index is 0.0642. The Morgan fingerprint density at radius 3 is 2.56 bits per heavy atom. The average Bonchev–Trinajstić information content (AvgIpc) is 2.41. The van der Waals surface area contributed by atoms with Gasteiger partial charge in [0, 0.05) is 12.0 Å². The van der Waals surface area contributed by atoms with E-state index >= 15 is 0 Å². The molecule has 98 valence electrons. The Morgan fingerprint density at radius 1 is 1.22 bits per heavy atom. The molecule has 0 bridgehead atoms. The van der Waals surface area contributed by atoms with Crippen molar-refractivity contribution < 1.29 is 4.79 Å². The van der Waals surface area contributed by atoms with E-state index in [0.717, 1.165) is 19.3 Å². The molecule has 1 saturated carbocycles. The van der Waals surface area contributed by atoms with Gasteiger partial charge in [-0.25, -0.2) is 0 Å². The highest BCUT2D eigenvalue weighted by molar-refractivity contribution is 5.78. The lowest BCUT2D eigenvalue weighted by Gasteiger charge is -2.24. The van der Waals surface area contributed by atoms with E-state index in [0.29, 0.717) is 6.04 Å². The highest BCUT2D eigenvalue weighted by Gasteiger charge is 2.19. The molecule has 1 atom stereocenters. The van der Waals surface area contributed by atoms with Crippen molar-refractivity contribution >= 4 is 5.91 Å². The lowest BCUT2D eigenvalue weighted by Crippen LogP contribution is -2.39. The summed E-state index contributed by atoms with van der Waals surface area (Å²) >= 11 is 0. The van der Waals surface area contributed by atoms with E-state index in [1.165, 1.54) is 24.8 Å². The maximum absolute atomic E-state index is 12.1. The highest BCUT2D eigenvalue weighted by Crippen LogP contribution is 2.18. The van der Waals surface area contributed by atoms with E-state index in [1.54, 1.807) is 0 Å². The van der Waals surface area contributed by atoms with Crippen molar-refractivity contribution in [3.8, 4) is 0 Å². The van der Waals surface area contributed by atoms with E-state index in [2.05, 4.69) is 17.4 Å². The van der Waals surface area contributed by atoms with Gasteiger partial charge in [0.15, 0.2) is 0 Å². The summed E-state index contributed by atoms with van der Waals surface area (Å²) in [5.74, 6) is 0.278. The number of hydrogen-bond acceptors (Lipinski definition) is 1. The first kappa shape index (κ1) is 13.1. The molecule has 0 aliphatic heterocycles. The van der Waals surface area contributed by atoms with Crippen molar-refractivity contribution in [2.45, 2.75) is 51.5 Å². The molecule has 1 aromatic carbocycles. The fourth-order valence-electron chi connectivity index (χ4n) is 2.65. The quantitative estimate of drug-likeness (QED) is 0.866. The molecule has 0 unspecified atom stereocenters. The molecule has 1 N–H and O–H groups in total. The van der Waals surface area contributed by atoms with Crippen LogP contribution < -0.4 is 5.32 Å². The van der Waals surface area contributed by atoms with Crippen LogP contribution in [0.15, 0.2) is 30.3 Å². The van der Waals surface area contributed by atoms with Crippen LogP contribution in [0, 0.1) is 5.92 Å². The Kier molecular flexibility index (Phi) is 4.80. The summed E-state index contributed by atoms with van der Waals surface area (Å²) in [5, 5.41) is 3.20. The van der Waals surface area contributed by atoms with Crippen molar-refractivity contribution in [3.05, 3.63) is 35.9 Å². The van der Waals surface area contributed by atoms with Gasteiger partial charge in [-0.05, 0) is 24.8 Å². The van der Waals surface area contributed by atoms with Gasteiger partial charge in [-0.3, -0.25) is 4.79 Å². The third kappa shape index (κ3) is 3.86. The second-order valence-electron chi connectivity index (χ2n) is 5.43. The van der Waals surface area contributed by atoms with Crippen LogP contribution in [-0.2, 0) is 11.2 Å². The van der Waals surface area contributed by atoms with E-state index < -0.39 is 0 Å². The Balaban J connectivity index is 1.81. The molecule has 1 amide bonds. The van der Waals surface area contributed by atoms with Gasteiger partial charge in [0.2, 0.25) is 5.91 Å². The molecule has 0 saturated heterocycles. The topological polar surface area (TPSA) is 29.1 Å². The van der Waals surface area contributed by atoms with Gasteiger partial charge in [-0.15, -0.1) is 0 Å². The van der Waals surface area contributed by atoms with Crippen LogP contribution in [0.3, 0.4) is 0 Å². The predicted octanol–water partition coefficient (Wildman–Crippen LogP) is 3.31. The van der Waals surface area contributed by atoms with Crippen LogP contribution >= 0.6 is 0 Å². The molecule has 0 spiro atoms. The van der Waals surface area contributed by atoms with Crippen LogP contribution in [0.2, 0.25) is 0 Å². The molecule has 1 aliphatic rings. The van der Waals surface area contributed by atoms with Crippen LogP contribution in [0.4, 0.5) is 0 Å². The van der Waals surface area contributed by atoms with Crippen molar-refractivity contribution in [1.29, 1.82) is 0 Å². The molecule has 1 aliphatic carbocycles. The fourth-order valence-corrected chi connectivity index (χ4v) is 2.65. The number of nitrogens with one attached hydrogen (secondary N) is 1. The van der Waals surface area contributed by atoms with E-state index in [-0.39, 0.29) is 11.8 Å². The molecule has 1 aromatic rings. The van der Waals surface area contributed by atoms with Gasteiger partial charge in [0.25, 0.3) is 0 Å². The maximum Gasteiger partial charge on any atom is 0.223 e. The fraction of sp³-hybridized carbons (Fsp3) is 0.562. The van der Waals surface area contributed by atoms with Crippen LogP contribution in [0.5, 0.6) is 0 Å². The smallest absolute Gasteiger partial charge is 0.223 e. The minimum Gasteiger partial charge on any atom is -0.353 e. The van der Waals surface area contributed by atoms with Crippen LogP contribution in [0.25, 0.3) is 0 Å². The summed E-state index contributed by atoms with van der Waals surface area (Å²) in [4.78, 5) is 12.1. The average molecular weight is 245 g/mol. The van der Waals surface area contributed by atoms with Crippen molar-refractivity contribution in [3.63, 3.8) is 0 Å². The molecule has 18 heavy (non-hydrogen) atoms. The summed E-state index contributed by atoms with van der Waals surface area (Å²) in [6, 6.07) is 10.7. The Morgan fingerprint density at radius 2 is 1.89 bits per heavy atom. The molecular formula is C16H23NO.